The summed E-state index contributed by atoms with van der Waals surface area (Å²) in [7, 11) is 1.90. The Morgan fingerprint density at radius 2 is 1.76 bits per heavy atom. The maximum atomic E-state index is 13.8. The number of nitrogens with zero attached hydrogens (tertiary/aromatic N) is 4. The molecule has 6 rings (SSSR count). The van der Waals surface area contributed by atoms with Gasteiger partial charge in [-0.15, -0.1) is 0 Å². The van der Waals surface area contributed by atoms with Crippen molar-refractivity contribution in [2.24, 2.45) is 7.05 Å². The van der Waals surface area contributed by atoms with Crippen LogP contribution in [0, 0.1) is 6.92 Å². The Kier molecular flexibility index (Phi) is 8.10. The van der Waals surface area contributed by atoms with Crippen molar-refractivity contribution >= 4 is 29.0 Å². The lowest BCUT2D eigenvalue weighted by atomic mass is 9.93. The van der Waals surface area contributed by atoms with Gasteiger partial charge in [-0.3, -0.25) is 14.3 Å². The second kappa shape index (κ2) is 12.1. The molecule has 1 saturated carbocycles. The van der Waals surface area contributed by atoms with E-state index in [2.05, 4.69) is 15.7 Å². The molecule has 3 aliphatic rings. The molecule has 2 aliphatic heterocycles. The van der Waals surface area contributed by atoms with Gasteiger partial charge in [-0.05, 0) is 74.4 Å². The molecule has 2 N–H and O–H groups in total. The van der Waals surface area contributed by atoms with E-state index in [1.165, 1.54) is 32.1 Å². The number of hydrogen-bond acceptors (Lipinski definition) is 5. The minimum Gasteiger partial charge on any atom is -0.343 e. The van der Waals surface area contributed by atoms with Crippen LogP contribution >= 0.6 is 0 Å². The van der Waals surface area contributed by atoms with Crippen LogP contribution in [0.25, 0.3) is 0 Å². The Morgan fingerprint density at radius 1 is 1.00 bits per heavy atom. The van der Waals surface area contributed by atoms with Crippen LogP contribution in [0.5, 0.6) is 0 Å². The molecule has 0 atom stereocenters. The first-order valence-corrected chi connectivity index (χ1v) is 15.3. The molecule has 1 aromatic heterocycles. The minimum absolute atomic E-state index is 0.0496. The number of anilines is 3. The van der Waals surface area contributed by atoms with Gasteiger partial charge in [0.2, 0.25) is 5.91 Å². The molecule has 0 spiro atoms. The van der Waals surface area contributed by atoms with E-state index >= 15 is 0 Å². The van der Waals surface area contributed by atoms with E-state index in [1.807, 2.05) is 72.4 Å². The predicted octanol–water partition coefficient (Wildman–Crippen LogP) is 5.48. The van der Waals surface area contributed by atoms with Crippen LogP contribution in [0.15, 0.2) is 48.7 Å². The third kappa shape index (κ3) is 6.03. The molecule has 0 radical (unpaired) electrons. The van der Waals surface area contributed by atoms with Crippen LogP contribution in [0.1, 0.15) is 78.4 Å². The number of para-hydroxylation sites is 2. The Bertz CT molecular complexity index is 1400. The molecule has 2 aromatic carbocycles. The smallest absolute Gasteiger partial charge is 0.258 e. The van der Waals surface area contributed by atoms with E-state index in [1.54, 1.807) is 4.68 Å². The SMILES string of the molecule is Cc1cc(C(=O)N2Cc3cnn(C)c3Nc3ccccc32)ccc1CCC(=O)N1CCC(NC2CCCCC2)CC1. The summed E-state index contributed by atoms with van der Waals surface area (Å²) in [4.78, 5) is 30.7. The van der Waals surface area contributed by atoms with Gasteiger partial charge in [-0.25, -0.2) is 0 Å². The second-order valence-electron chi connectivity index (χ2n) is 12.0. The average Bonchev–Trinajstić information content (AvgIpc) is 3.24. The number of aromatic nitrogens is 2. The molecule has 2 fully saturated rings. The number of carbonyl (C=O) groups is 2. The molecule has 8 nitrogen and oxygen atoms in total. The number of carbonyl (C=O) groups excluding carboxylic acids is 2. The maximum Gasteiger partial charge on any atom is 0.258 e. The van der Waals surface area contributed by atoms with Gasteiger partial charge >= 0.3 is 0 Å². The van der Waals surface area contributed by atoms with Crippen LogP contribution < -0.4 is 15.5 Å². The number of aryl methyl sites for hydroxylation is 3. The summed E-state index contributed by atoms with van der Waals surface area (Å²) in [6.07, 6.45) is 11.8. The van der Waals surface area contributed by atoms with E-state index in [0.29, 0.717) is 37.0 Å². The zero-order valence-electron chi connectivity index (χ0n) is 24.4. The Labute approximate surface area is 243 Å². The number of rotatable bonds is 6. The number of benzene rings is 2. The van der Waals surface area contributed by atoms with Crippen molar-refractivity contribution in [2.45, 2.75) is 83.3 Å². The predicted molar refractivity (Wildman–Crippen MR) is 163 cm³/mol. The average molecular weight is 555 g/mol. The van der Waals surface area contributed by atoms with E-state index in [9.17, 15) is 9.59 Å². The molecule has 3 aromatic rings. The summed E-state index contributed by atoms with van der Waals surface area (Å²) in [5.74, 6) is 1.08. The van der Waals surface area contributed by atoms with Gasteiger partial charge in [-0.2, -0.15) is 5.10 Å². The normalized spacial score (nSPS) is 17.9. The van der Waals surface area contributed by atoms with Gasteiger partial charge in [0.05, 0.1) is 24.1 Å². The molecule has 0 unspecified atom stereocenters. The maximum absolute atomic E-state index is 13.8. The second-order valence-corrected chi connectivity index (χ2v) is 12.0. The van der Waals surface area contributed by atoms with Crippen LogP contribution in [-0.4, -0.2) is 51.7 Å². The number of piperidine rings is 1. The molecule has 1 aliphatic carbocycles. The first-order valence-electron chi connectivity index (χ1n) is 15.3. The molecule has 2 amide bonds. The van der Waals surface area contributed by atoms with Crippen LogP contribution in [0.2, 0.25) is 0 Å². The van der Waals surface area contributed by atoms with Crippen molar-refractivity contribution in [1.82, 2.24) is 20.0 Å². The van der Waals surface area contributed by atoms with Gasteiger partial charge < -0.3 is 20.4 Å². The fraction of sp³-hybridized carbons (Fsp3) is 0.485. The van der Waals surface area contributed by atoms with Crippen molar-refractivity contribution in [3.8, 4) is 0 Å². The monoisotopic (exact) mass is 554 g/mol. The number of likely N-dealkylation sites (tertiary alicyclic amines) is 1. The van der Waals surface area contributed by atoms with E-state index in [4.69, 9.17) is 0 Å². The lowest BCUT2D eigenvalue weighted by Crippen LogP contribution is -2.48. The fourth-order valence-electron chi connectivity index (χ4n) is 6.70. The fourth-order valence-corrected chi connectivity index (χ4v) is 6.70. The zero-order chi connectivity index (χ0) is 28.3. The first-order chi connectivity index (χ1) is 20.0. The van der Waals surface area contributed by atoms with Gasteiger partial charge in [0.15, 0.2) is 0 Å². The van der Waals surface area contributed by atoms with Gasteiger partial charge in [0.25, 0.3) is 5.91 Å². The zero-order valence-corrected chi connectivity index (χ0v) is 24.4. The first kappa shape index (κ1) is 27.5. The summed E-state index contributed by atoms with van der Waals surface area (Å²) in [5.41, 5.74) is 5.51. The van der Waals surface area contributed by atoms with Crippen molar-refractivity contribution in [3.63, 3.8) is 0 Å². The third-order valence-corrected chi connectivity index (χ3v) is 9.16. The quantitative estimate of drug-likeness (QED) is 0.422. The summed E-state index contributed by atoms with van der Waals surface area (Å²) >= 11 is 0. The van der Waals surface area contributed by atoms with E-state index in [-0.39, 0.29) is 11.8 Å². The highest BCUT2D eigenvalue weighted by molar-refractivity contribution is 6.08. The highest BCUT2D eigenvalue weighted by Gasteiger charge is 2.28. The Balaban J connectivity index is 1.07. The molecule has 41 heavy (non-hydrogen) atoms. The number of nitrogens with one attached hydrogen (secondary N) is 2. The Morgan fingerprint density at radius 3 is 2.54 bits per heavy atom. The number of hydrogen-bond donors (Lipinski definition) is 2. The molecule has 3 heterocycles. The van der Waals surface area contributed by atoms with E-state index < -0.39 is 0 Å². The highest BCUT2D eigenvalue weighted by Crippen LogP contribution is 2.36. The minimum atomic E-state index is -0.0496. The van der Waals surface area contributed by atoms with E-state index in [0.717, 1.165) is 59.8 Å². The summed E-state index contributed by atoms with van der Waals surface area (Å²) in [6, 6.07) is 15.0. The van der Waals surface area contributed by atoms with Crippen molar-refractivity contribution in [3.05, 3.63) is 70.9 Å². The largest absolute Gasteiger partial charge is 0.343 e. The van der Waals surface area contributed by atoms with Crippen molar-refractivity contribution in [1.29, 1.82) is 0 Å². The molecular formula is C33H42N6O2. The lowest BCUT2D eigenvalue weighted by molar-refractivity contribution is -0.132. The van der Waals surface area contributed by atoms with Crippen LogP contribution in [0.4, 0.5) is 17.2 Å². The summed E-state index contributed by atoms with van der Waals surface area (Å²) in [6.45, 7) is 4.17. The number of amides is 2. The van der Waals surface area contributed by atoms with Crippen molar-refractivity contribution < 1.29 is 9.59 Å². The van der Waals surface area contributed by atoms with Crippen molar-refractivity contribution in [2.75, 3.05) is 23.3 Å². The standard InChI is InChI=1S/C33H42N6O2/c1-23-20-25(33(41)39-22-26-21-34-37(2)32(26)36-29-10-6-7-11-30(29)39)13-12-24(23)14-15-31(40)38-18-16-28(17-19-38)35-27-8-4-3-5-9-27/h6-7,10-13,20-21,27-28,35-36H,3-5,8-9,14-19,22H2,1-2H3. The highest BCUT2D eigenvalue weighted by atomic mass is 16.2. The number of fused-ring (bicyclic) bond motifs is 2. The van der Waals surface area contributed by atoms with Crippen LogP contribution in [0.3, 0.4) is 0 Å². The topological polar surface area (TPSA) is 82.5 Å². The van der Waals surface area contributed by atoms with Crippen LogP contribution in [-0.2, 0) is 24.8 Å². The van der Waals surface area contributed by atoms with Gasteiger partial charge in [0, 0.05) is 49.8 Å². The van der Waals surface area contributed by atoms with Gasteiger partial charge in [0.1, 0.15) is 5.82 Å². The molecule has 0 bridgehead atoms. The Hall–Kier alpha value is -3.65. The third-order valence-electron chi connectivity index (χ3n) is 9.16. The molecule has 1 saturated heterocycles. The lowest BCUT2D eigenvalue weighted by Gasteiger charge is -2.35. The summed E-state index contributed by atoms with van der Waals surface area (Å²) in [5, 5.41) is 11.7. The molecule has 8 heteroatoms. The molecule has 216 valence electrons. The van der Waals surface area contributed by atoms with Gasteiger partial charge in [-0.1, -0.05) is 37.5 Å². The summed E-state index contributed by atoms with van der Waals surface area (Å²) < 4.78 is 1.80. The molecular weight excluding hydrogens is 512 g/mol.